The van der Waals surface area contributed by atoms with Crippen LogP contribution in [-0.4, -0.2) is 45.4 Å². The van der Waals surface area contributed by atoms with Crippen LogP contribution in [0.4, 0.5) is 11.4 Å². The van der Waals surface area contributed by atoms with Gasteiger partial charge in [0.2, 0.25) is 0 Å². The van der Waals surface area contributed by atoms with Crippen LogP contribution in [0.1, 0.15) is 13.3 Å². The van der Waals surface area contributed by atoms with Crippen molar-refractivity contribution in [2.45, 2.75) is 19.4 Å². The zero-order valence-corrected chi connectivity index (χ0v) is 15.8. The number of nitrogens with one attached hydrogen (secondary N) is 1. The predicted molar refractivity (Wildman–Crippen MR) is 106 cm³/mol. The number of benzene rings is 2. The number of para-hydroxylation sites is 2. The quantitative estimate of drug-likeness (QED) is 0.810. The summed E-state index contributed by atoms with van der Waals surface area (Å²) in [5.41, 5.74) is 1.88. The number of nitrogens with zero attached hydrogens (tertiary/aromatic N) is 1. The summed E-state index contributed by atoms with van der Waals surface area (Å²) in [6, 6.07) is 15.2. The molecule has 1 aliphatic rings. The first-order valence-corrected chi connectivity index (χ1v) is 9.24. The minimum Gasteiger partial charge on any atom is -0.493 e. The minimum atomic E-state index is -0.597. The second-order valence-electron chi connectivity index (χ2n) is 6.30. The van der Waals surface area contributed by atoms with Gasteiger partial charge in [0.1, 0.15) is 0 Å². The van der Waals surface area contributed by atoms with Gasteiger partial charge in [-0.1, -0.05) is 19.1 Å². The molecule has 1 N–H and O–H groups in total. The topological polar surface area (TPSA) is 60.0 Å². The third kappa shape index (κ3) is 4.92. The molecular weight excluding hydrogens is 344 g/mol. The van der Waals surface area contributed by atoms with Crippen LogP contribution in [0.3, 0.4) is 0 Å². The Balaban J connectivity index is 1.62. The molecule has 6 nitrogen and oxygen atoms in total. The zero-order valence-electron chi connectivity index (χ0n) is 15.8. The summed E-state index contributed by atoms with van der Waals surface area (Å²) in [6.07, 6.45) is -0.0457. The van der Waals surface area contributed by atoms with Crippen molar-refractivity contribution in [1.29, 1.82) is 0 Å². The molecule has 0 saturated carbocycles. The Labute approximate surface area is 160 Å². The molecule has 0 radical (unpaired) electrons. The number of anilines is 2. The van der Waals surface area contributed by atoms with Crippen LogP contribution >= 0.6 is 0 Å². The van der Waals surface area contributed by atoms with Crippen LogP contribution in [0.2, 0.25) is 0 Å². The lowest BCUT2D eigenvalue weighted by Gasteiger charge is -2.29. The van der Waals surface area contributed by atoms with Crippen molar-refractivity contribution in [2.24, 2.45) is 0 Å². The van der Waals surface area contributed by atoms with Gasteiger partial charge in [-0.15, -0.1) is 0 Å². The summed E-state index contributed by atoms with van der Waals surface area (Å²) in [5, 5.41) is 2.93. The van der Waals surface area contributed by atoms with Gasteiger partial charge in [0.05, 0.1) is 20.3 Å². The molecular formula is C21H26N2O4. The van der Waals surface area contributed by atoms with Crippen molar-refractivity contribution in [3.8, 4) is 11.5 Å². The van der Waals surface area contributed by atoms with Gasteiger partial charge in [-0.25, -0.2) is 0 Å². The highest BCUT2D eigenvalue weighted by Crippen LogP contribution is 2.27. The number of morpholine rings is 1. The molecule has 2 aromatic carbocycles. The molecule has 1 fully saturated rings. The number of hydrogen-bond donors (Lipinski definition) is 1. The Morgan fingerprint density at radius 2 is 1.78 bits per heavy atom. The Morgan fingerprint density at radius 1 is 1.11 bits per heavy atom. The van der Waals surface area contributed by atoms with Crippen molar-refractivity contribution < 1.29 is 19.0 Å². The van der Waals surface area contributed by atoms with E-state index in [1.807, 2.05) is 49.4 Å². The summed E-state index contributed by atoms with van der Waals surface area (Å²) >= 11 is 0. The van der Waals surface area contributed by atoms with Gasteiger partial charge < -0.3 is 24.4 Å². The number of rotatable bonds is 7. The molecule has 3 rings (SSSR count). The number of carbonyl (C=O) groups excluding carboxylic acids is 1. The average Bonchev–Trinajstić information content (AvgIpc) is 2.73. The van der Waals surface area contributed by atoms with E-state index in [4.69, 9.17) is 14.2 Å². The summed E-state index contributed by atoms with van der Waals surface area (Å²) in [5.74, 6) is 0.991. The smallest absolute Gasteiger partial charge is 0.265 e. The van der Waals surface area contributed by atoms with E-state index in [9.17, 15) is 4.79 Å². The Kier molecular flexibility index (Phi) is 6.54. The molecule has 1 saturated heterocycles. The van der Waals surface area contributed by atoms with Gasteiger partial charge in [0.25, 0.3) is 5.91 Å². The molecule has 0 aliphatic carbocycles. The highest BCUT2D eigenvalue weighted by atomic mass is 16.5. The van der Waals surface area contributed by atoms with Gasteiger partial charge in [-0.3, -0.25) is 4.79 Å². The standard InChI is InChI=1S/C21H26N2O4/c1-3-18(27-20-7-5-4-6-19(20)25-2)21(24)22-16-8-10-17(11-9-16)23-12-14-26-15-13-23/h4-11,18H,3,12-15H2,1-2H3,(H,22,24)/t18-/m0/s1. The molecule has 2 aromatic rings. The first-order valence-electron chi connectivity index (χ1n) is 9.24. The van der Waals surface area contributed by atoms with E-state index in [1.165, 1.54) is 0 Å². The fourth-order valence-electron chi connectivity index (χ4n) is 2.99. The van der Waals surface area contributed by atoms with Crippen LogP contribution in [0.15, 0.2) is 48.5 Å². The van der Waals surface area contributed by atoms with Crippen molar-refractivity contribution in [2.75, 3.05) is 43.6 Å². The Bertz CT molecular complexity index is 742. The van der Waals surface area contributed by atoms with E-state index < -0.39 is 6.10 Å². The maximum absolute atomic E-state index is 12.6. The summed E-state index contributed by atoms with van der Waals surface area (Å²) in [4.78, 5) is 14.9. The molecule has 0 bridgehead atoms. The molecule has 0 aromatic heterocycles. The zero-order chi connectivity index (χ0) is 19.1. The lowest BCUT2D eigenvalue weighted by atomic mass is 10.2. The highest BCUT2D eigenvalue weighted by Gasteiger charge is 2.20. The summed E-state index contributed by atoms with van der Waals surface area (Å²) in [6.45, 7) is 5.18. The van der Waals surface area contributed by atoms with Crippen molar-refractivity contribution >= 4 is 17.3 Å². The fourth-order valence-corrected chi connectivity index (χ4v) is 2.99. The number of ether oxygens (including phenoxy) is 3. The molecule has 144 valence electrons. The number of amides is 1. The maximum Gasteiger partial charge on any atom is 0.265 e. The normalized spacial score (nSPS) is 15.1. The van der Waals surface area contributed by atoms with Crippen molar-refractivity contribution in [1.82, 2.24) is 0 Å². The van der Waals surface area contributed by atoms with Gasteiger partial charge in [0.15, 0.2) is 17.6 Å². The van der Waals surface area contributed by atoms with Crippen LogP contribution in [0.25, 0.3) is 0 Å². The second-order valence-corrected chi connectivity index (χ2v) is 6.30. The predicted octanol–water partition coefficient (Wildman–Crippen LogP) is 3.33. The lowest BCUT2D eigenvalue weighted by Crippen LogP contribution is -2.36. The van der Waals surface area contributed by atoms with Crippen molar-refractivity contribution in [3.05, 3.63) is 48.5 Å². The molecule has 27 heavy (non-hydrogen) atoms. The Morgan fingerprint density at radius 3 is 2.41 bits per heavy atom. The Hall–Kier alpha value is -2.73. The maximum atomic E-state index is 12.6. The largest absolute Gasteiger partial charge is 0.493 e. The van der Waals surface area contributed by atoms with Crippen LogP contribution in [0, 0.1) is 0 Å². The second kappa shape index (κ2) is 9.28. The average molecular weight is 370 g/mol. The minimum absolute atomic E-state index is 0.178. The van der Waals surface area contributed by atoms with E-state index in [-0.39, 0.29) is 5.91 Å². The third-order valence-corrected chi connectivity index (χ3v) is 4.51. The number of carbonyl (C=O) groups is 1. The summed E-state index contributed by atoms with van der Waals surface area (Å²) < 4.78 is 16.5. The first kappa shape index (κ1) is 19.0. The van der Waals surface area contributed by atoms with Gasteiger partial charge >= 0.3 is 0 Å². The molecule has 0 unspecified atom stereocenters. The van der Waals surface area contributed by atoms with Crippen LogP contribution in [-0.2, 0) is 9.53 Å². The summed E-state index contributed by atoms with van der Waals surface area (Å²) in [7, 11) is 1.58. The van der Waals surface area contributed by atoms with E-state index in [0.29, 0.717) is 17.9 Å². The molecule has 1 amide bonds. The molecule has 1 aliphatic heterocycles. The van der Waals surface area contributed by atoms with E-state index in [1.54, 1.807) is 13.2 Å². The SMILES string of the molecule is CC[C@H](Oc1ccccc1OC)C(=O)Nc1ccc(N2CCOCC2)cc1. The van der Waals surface area contributed by atoms with Crippen molar-refractivity contribution in [3.63, 3.8) is 0 Å². The van der Waals surface area contributed by atoms with Gasteiger partial charge in [-0.05, 0) is 42.8 Å². The fraction of sp³-hybridized carbons (Fsp3) is 0.381. The monoisotopic (exact) mass is 370 g/mol. The first-order chi connectivity index (χ1) is 13.2. The number of methoxy groups -OCH3 is 1. The number of hydrogen-bond acceptors (Lipinski definition) is 5. The lowest BCUT2D eigenvalue weighted by molar-refractivity contribution is -0.122. The van der Waals surface area contributed by atoms with E-state index >= 15 is 0 Å². The van der Waals surface area contributed by atoms with E-state index in [2.05, 4.69) is 10.2 Å². The third-order valence-electron chi connectivity index (χ3n) is 4.51. The van der Waals surface area contributed by atoms with Gasteiger partial charge in [-0.2, -0.15) is 0 Å². The van der Waals surface area contributed by atoms with Crippen LogP contribution < -0.4 is 19.7 Å². The molecule has 1 atom stereocenters. The van der Waals surface area contributed by atoms with Gasteiger partial charge in [0, 0.05) is 24.5 Å². The molecule has 6 heteroatoms. The van der Waals surface area contributed by atoms with E-state index in [0.717, 1.165) is 37.7 Å². The molecule has 0 spiro atoms. The highest BCUT2D eigenvalue weighted by molar-refractivity contribution is 5.94. The molecule has 1 heterocycles. The van der Waals surface area contributed by atoms with Crippen LogP contribution in [0.5, 0.6) is 11.5 Å².